The zero-order valence-electron chi connectivity index (χ0n) is 11.8. The Morgan fingerprint density at radius 1 is 1.20 bits per heavy atom. The Hall–Kier alpha value is -2.08. The highest BCUT2D eigenvalue weighted by molar-refractivity contribution is 5.97. The van der Waals surface area contributed by atoms with E-state index in [0.29, 0.717) is 23.4 Å². The van der Waals surface area contributed by atoms with Crippen molar-refractivity contribution in [2.75, 3.05) is 25.1 Å². The molecule has 0 aromatic heterocycles. The third-order valence-corrected chi connectivity index (χ3v) is 2.58. The molecular formula is C14H20N2O4. The Bertz CT molecular complexity index is 474. The van der Waals surface area contributed by atoms with E-state index in [9.17, 15) is 9.59 Å². The minimum absolute atomic E-state index is 0.0196. The first-order valence-corrected chi connectivity index (χ1v) is 6.52. The van der Waals surface area contributed by atoms with Crippen molar-refractivity contribution in [2.45, 2.75) is 20.4 Å². The Labute approximate surface area is 118 Å². The third-order valence-electron chi connectivity index (χ3n) is 2.58. The van der Waals surface area contributed by atoms with Gasteiger partial charge in [0.1, 0.15) is 6.54 Å². The normalized spacial score (nSPS) is 9.95. The minimum atomic E-state index is -0.458. The number of hydrogen-bond donors (Lipinski definition) is 2. The Kier molecular flexibility index (Phi) is 6.52. The summed E-state index contributed by atoms with van der Waals surface area (Å²) in [5, 5.41) is 2.88. The van der Waals surface area contributed by atoms with Crippen LogP contribution in [0.2, 0.25) is 0 Å². The lowest BCUT2D eigenvalue weighted by Crippen LogP contribution is -2.20. The van der Waals surface area contributed by atoms with Crippen LogP contribution in [0.15, 0.2) is 18.2 Å². The predicted molar refractivity (Wildman–Crippen MR) is 75.4 cm³/mol. The van der Waals surface area contributed by atoms with E-state index in [1.807, 2.05) is 0 Å². The maximum atomic E-state index is 12.0. The predicted octanol–water partition coefficient (Wildman–Crippen LogP) is 1.30. The zero-order valence-corrected chi connectivity index (χ0v) is 11.8. The third kappa shape index (κ3) is 4.24. The lowest BCUT2D eigenvalue weighted by molar-refractivity contribution is -0.140. The van der Waals surface area contributed by atoms with E-state index in [-0.39, 0.29) is 25.7 Å². The maximum absolute atomic E-state index is 12.0. The van der Waals surface area contributed by atoms with Gasteiger partial charge in [-0.1, -0.05) is 12.1 Å². The van der Waals surface area contributed by atoms with E-state index in [4.69, 9.17) is 15.2 Å². The van der Waals surface area contributed by atoms with E-state index in [0.717, 1.165) is 0 Å². The van der Waals surface area contributed by atoms with Gasteiger partial charge in [0.05, 0.1) is 18.8 Å². The number of ether oxygens (including phenoxy) is 2. The number of nitrogens with two attached hydrogens (primary N) is 1. The number of rotatable bonds is 7. The van der Waals surface area contributed by atoms with Crippen LogP contribution in [0.1, 0.15) is 29.8 Å². The number of benzene rings is 1. The molecular weight excluding hydrogens is 260 g/mol. The smallest absolute Gasteiger partial charge is 0.340 e. The molecule has 1 aromatic carbocycles. The minimum Gasteiger partial charge on any atom is -0.465 e. The number of carbonyl (C=O) groups excluding carboxylic acids is 2. The molecule has 0 aliphatic carbocycles. The molecule has 6 heteroatoms. The van der Waals surface area contributed by atoms with Crippen molar-refractivity contribution < 1.29 is 19.1 Å². The molecule has 0 heterocycles. The Morgan fingerprint density at radius 3 is 2.50 bits per heavy atom. The van der Waals surface area contributed by atoms with Crippen molar-refractivity contribution in [2.24, 2.45) is 5.73 Å². The number of esters is 2. The van der Waals surface area contributed by atoms with Crippen LogP contribution in [0.5, 0.6) is 0 Å². The van der Waals surface area contributed by atoms with Crippen molar-refractivity contribution >= 4 is 17.6 Å². The second kappa shape index (κ2) is 8.16. The molecule has 6 nitrogen and oxygen atoms in total. The molecule has 0 atom stereocenters. The molecule has 1 aromatic rings. The highest BCUT2D eigenvalue weighted by Gasteiger charge is 2.17. The summed E-state index contributed by atoms with van der Waals surface area (Å²) in [6, 6.07) is 5.21. The van der Waals surface area contributed by atoms with E-state index in [1.54, 1.807) is 32.0 Å². The largest absolute Gasteiger partial charge is 0.465 e. The molecule has 3 N–H and O–H groups in total. The second-order valence-corrected chi connectivity index (χ2v) is 3.92. The van der Waals surface area contributed by atoms with Gasteiger partial charge in [-0.05, 0) is 25.5 Å². The molecule has 0 radical (unpaired) electrons. The standard InChI is InChI=1S/C14H20N2O4/c1-3-19-12(17)9-16-11-7-5-6-10(8-15)13(11)14(18)20-4-2/h5-7,16H,3-4,8-9,15H2,1-2H3. The van der Waals surface area contributed by atoms with Crippen molar-refractivity contribution in [3.8, 4) is 0 Å². The summed E-state index contributed by atoms with van der Waals surface area (Å²) in [5.41, 5.74) is 7.17. The van der Waals surface area contributed by atoms with Crippen LogP contribution in [0.3, 0.4) is 0 Å². The van der Waals surface area contributed by atoms with Gasteiger partial charge in [0, 0.05) is 12.2 Å². The number of carbonyl (C=O) groups is 2. The second-order valence-electron chi connectivity index (χ2n) is 3.92. The molecule has 20 heavy (non-hydrogen) atoms. The van der Waals surface area contributed by atoms with Gasteiger partial charge < -0.3 is 20.5 Å². The summed E-state index contributed by atoms with van der Waals surface area (Å²) >= 11 is 0. The SMILES string of the molecule is CCOC(=O)CNc1cccc(CN)c1C(=O)OCC. The molecule has 0 aliphatic heterocycles. The van der Waals surface area contributed by atoms with Crippen molar-refractivity contribution in [3.05, 3.63) is 29.3 Å². The summed E-state index contributed by atoms with van der Waals surface area (Å²) < 4.78 is 9.84. The van der Waals surface area contributed by atoms with Crippen LogP contribution in [0.4, 0.5) is 5.69 Å². The molecule has 0 saturated carbocycles. The van der Waals surface area contributed by atoms with Crippen LogP contribution >= 0.6 is 0 Å². The van der Waals surface area contributed by atoms with Crippen LogP contribution < -0.4 is 11.1 Å². The first kappa shape index (κ1) is 16.0. The molecule has 0 amide bonds. The Morgan fingerprint density at radius 2 is 1.90 bits per heavy atom. The molecule has 0 unspecified atom stereocenters. The van der Waals surface area contributed by atoms with Gasteiger partial charge in [0.25, 0.3) is 0 Å². The quantitative estimate of drug-likeness (QED) is 0.731. The average Bonchev–Trinajstić information content (AvgIpc) is 2.45. The first-order chi connectivity index (χ1) is 9.63. The molecule has 1 rings (SSSR count). The van der Waals surface area contributed by atoms with Crippen molar-refractivity contribution in [3.63, 3.8) is 0 Å². The highest BCUT2D eigenvalue weighted by Crippen LogP contribution is 2.21. The fourth-order valence-electron chi connectivity index (χ4n) is 1.74. The zero-order chi connectivity index (χ0) is 15.0. The van der Waals surface area contributed by atoms with Crippen LogP contribution in [-0.4, -0.2) is 31.7 Å². The number of nitrogens with one attached hydrogen (secondary N) is 1. The van der Waals surface area contributed by atoms with Gasteiger partial charge in [-0.15, -0.1) is 0 Å². The summed E-state index contributed by atoms with van der Waals surface area (Å²) in [5.74, 6) is -0.847. The van der Waals surface area contributed by atoms with Gasteiger partial charge in [-0.25, -0.2) is 4.79 Å². The monoisotopic (exact) mass is 280 g/mol. The molecule has 0 aliphatic rings. The fourth-order valence-corrected chi connectivity index (χ4v) is 1.74. The molecule has 0 spiro atoms. The fraction of sp³-hybridized carbons (Fsp3) is 0.429. The average molecular weight is 280 g/mol. The van der Waals surface area contributed by atoms with Crippen LogP contribution in [0, 0.1) is 0 Å². The van der Waals surface area contributed by atoms with Gasteiger partial charge in [-0.2, -0.15) is 0 Å². The van der Waals surface area contributed by atoms with Gasteiger partial charge >= 0.3 is 11.9 Å². The van der Waals surface area contributed by atoms with Gasteiger partial charge in [0.2, 0.25) is 0 Å². The molecule has 0 bridgehead atoms. The summed E-state index contributed by atoms with van der Waals surface area (Å²) in [6.07, 6.45) is 0. The van der Waals surface area contributed by atoms with Crippen LogP contribution in [0.25, 0.3) is 0 Å². The Balaban J connectivity index is 2.94. The summed E-state index contributed by atoms with van der Waals surface area (Å²) in [4.78, 5) is 23.3. The number of hydrogen-bond acceptors (Lipinski definition) is 6. The van der Waals surface area contributed by atoms with Crippen molar-refractivity contribution in [1.82, 2.24) is 0 Å². The first-order valence-electron chi connectivity index (χ1n) is 6.52. The van der Waals surface area contributed by atoms with Gasteiger partial charge in [-0.3, -0.25) is 4.79 Å². The van der Waals surface area contributed by atoms with E-state index < -0.39 is 5.97 Å². The van der Waals surface area contributed by atoms with Gasteiger partial charge in [0.15, 0.2) is 0 Å². The molecule has 0 fully saturated rings. The lowest BCUT2D eigenvalue weighted by Gasteiger charge is -2.14. The molecule has 0 saturated heterocycles. The molecule has 110 valence electrons. The topological polar surface area (TPSA) is 90.6 Å². The van der Waals surface area contributed by atoms with E-state index >= 15 is 0 Å². The van der Waals surface area contributed by atoms with E-state index in [2.05, 4.69) is 5.32 Å². The van der Waals surface area contributed by atoms with E-state index in [1.165, 1.54) is 0 Å². The highest BCUT2D eigenvalue weighted by atomic mass is 16.5. The van der Waals surface area contributed by atoms with Crippen molar-refractivity contribution in [1.29, 1.82) is 0 Å². The number of anilines is 1. The maximum Gasteiger partial charge on any atom is 0.340 e. The summed E-state index contributed by atoms with van der Waals surface area (Å²) in [7, 11) is 0. The lowest BCUT2D eigenvalue weighted by atomic mass is 10.1. The summed E-state index contributed by atoms with van der Waals surface area (Å²) in [6.45, 7) is 4.24. The van der Waals surface area contributed by atoms with Crippen LogP contribution in [-0.2, 0) is 20.8 Å².